The predicted octanol–water partition coefficient (Wildman–Crippen LogP) is 3.52. The Morgan fingerprint density at radius 3 is 2.67 bits per heavy atom. The summed E-state index contributed by atoms with van der Waals surface area (Å²) in [5.41, 5.74) is 1.63. The van der Waals surface area contributed by atoms with E-state index in [4.69, 9.17) is 9.47 Å². The zero-order valence-electron chi connectivity index (χ0n) is 18.8. The standard InChI is InChI=1S/C18H17N7O3.C4H10O.H2/c1-24-11-12(9-22-24)15-8-13(4-5-19-15)28-14-2-3-16(21-10-14)23-18(27)25-7-6-20-17(25)26;1-3-4-5-2;/h2-5,8-11H,6-7H2,1H3,(H,20,26)(H,21,23,27);3-4H2,1-2H3;1H. The minimum absolute atomic E-state index is 0. The molecule has 33 heavy (non-hydrogen) atoms. The van der Waals surface area contributed by atoms with Gasteiger partial charge in [-0.1, -0.05) is 6.92 Å². The first-order valence-corrected chi connectivity index (χ1v) is 10.4. The fourth-order valence-corrected chi connectivity index (χ4v) is 2.88. The third-order valence-corrected chi connectivity index (χ3v) is 4.45. The average Bonchev–Trinajstić information content (AvgIpc) is 3.44. The number of amides is 4. The van der Waals surface area contributed by atoms with Gasteiger partial charge in [0.15, 0.2) is 0 Å². The molecule has 0 spiro atoms. The Labute approximate surface area is 193 Å². The number of urea groups is 2. The van der Waals surface area contributed by atoms with Crippen molar-refractivity contribution in [3.63, 3.8) is 0 Å². The molecular weight excluding hydrogens is 426 g/mol. The summed E-state index contributed by atoms with van der Waals surface area (Å²) < 4.78 is 12.2. The van der Waals surface area contributed by atoms with Gasteiger partial charge < -0.3 is 14.8 Å². The SMILES string of the molecule is CCCOC.Cn1cc(-c2cc(Oc3ccc(NC(=O)N4CCNC4=O)nc3)ccn2)cn1.[HH]. The van der Waals surface area contributed by atoms with E-state index in [1.165, 1.54) is 6.20 Å². The van der Waals surface area contributed by atoms with Crippen molar-refractivity contribution in [1.82, 2.24) is 30.0 Å². The first-order chi connectivity index (χ1) is 16.0. The summed E-state index contributed by atoms with van der Waals surface area (Å²) in [7, 11) is 3.55. The Balaban J connectivity index is 0.000000619. The van der Waals surface area contributed by atoms with Crippen LogP contribution in [-0.4, -0.2) is 63.5 Å². The van der Waals surface area contributed by atoms with E-state index in [1.54, 1.807) is 48.5 Å². The number of aromatic nitrogens is 4. The van der Waals surface area contributed by atoms with Gasteiger partial charge in [-0.2, -0.15) is 5.10 Å². The fraction of sp³-hybridized carbons (Fsp3) is 0.318. The molecule has 4 heterocycles. The Kier molecular flexibility index (Phi) is 8.30. The van der Waals surface area contributed by atoms with E-state index in [-0.39, 0.29) is 1.43 Å². The Hall–Kier alpha value is -3.99. The van der Waals surface area contributed by atoms with Crippen LogP contribution in [0.5, 0.6) is 11.5 Å². The van der Waals surface area contributed by atoms with Crippen LogP contribution >= 0.6 is 0 Å². The summed E-state index contributed by atoms with van der Waals surface area (Å²) in [4.78, 5) is 33.1. The van der Waals surface area contributed by atoms with Crippen molar-refractivity contribution in [3.8, 4) is 22.8 Å². The van der Waals surface area contributed by atoms with Crippen LogP contribution in [0.4, 0.5) is 15.4 Å². The monoisotopic (exact) mass is 455 g/mol. The molecule has 4 rings (SSSR count). The number of pyridine rings is 2. The smallest absolute Gasteiger partial charge is 0.331 e. The first kappa shape index (κ1) is 23.7. The highest BCUT2D eigenvalue weighted by Gasteiger charge is 2.26. The molecule has 0 saturated carbocycles. The van der Waals surface area contributed by atoms with Crippen molar-refractivity contribution in [2.75, 3.05) is 32.1 Å². The Morgan fingerprint density at radius 2 is 2.09 bits per heavy atom. The largest absolute Gasteiger partial charge is 0.456 e. The van der Waals surface area contributed by atoms with Crippen LogP contribution in [0.15, 0.2) is 49.1 Å². The van der Waals surface area contributed by atoms with Crippen molar-refractivity contribution >= 4 is 17.9 Å². The molecule has 1 aliphatic heterocycles. The van der Waals surface area contributed by atoms with Gasteiger partial charge in [0.1, 0.15) is 17.3 Å². The predicted molar refractivity (Wildman–Crippen MR) is 124 cm³/mol. The van der Waals surface area contributed by atoms with Crippen molar-refractivity contribution in [2.45, 2.75) is 13.3 Å². The van der Waals surface area contributed by atoms with Crippen LogP contribution in [0, 0.1) is 0 Å². The maximum Gasteiger partial charge on any atom is 0.331 e. The summed E-state index contributed by atoms with van der Waals surface area (Å²) in [5.74, 6) is 1.42. The molecule has 0 aliphatic carbocycles. The van der Waals surface area contributed by atoms with Gasteiger partial charge in [-0.25, -0.2) is 19.5 Å². The lowest BCUT2D eigenvalue weighted by Gasteiger charge is -2.13. The zero-order chi connectivity index (χ0) is 23.6. The highest BCUT2D eigenvalue weighted by atomic mass is 16.5. The van der Waals surface area contributed by atoms with E-state index >= 15 is 0 Å². The summed E-state index contributed by atoms with van der Waals surface area (Å²) >= 11 is 0. The van der Waals surface area contributed by atoms with Crippen molar-refractivity contribution in [1.29, 1.82) is 0 Å². The van der Waals surface area contributed by atoms with Crippen molar-refractivity contribution < 1.29 is 20.5 Å². The fourth-order valence-electron chi connectivity index (χ4n) is 2.88. The topological polar surface area (TPSA) is 124 Å². The zero-order valence-corrected chi connectivity index (χ0v) is 18.8. The van der Waals surface area contributed by atoms with Gasteiger partial charge in [0.2, 0.25) is 0 Å². The number of methoxy groups -OCH3 is 1. The normalized spacial score (nSPS) is 12.6. The van der Waals surface area contributed by atoms with Crippen LogP contribution in [-0.2, 0) is 11.8 Å². The molecule has 11 nitrogen and oxygen atoms in total. The van der Waals surface area contributed by atoms with E-state index in [2.05, 4.69) is 32.6 Å². The number of carbonyl (C=O) groups excluding carboxylic acids is 2. The van der Waals surface area contributed by atoms with Gasteiger partial charge in [0.25, 0.3) is 0 Å². The minimum atomic E-state index is -0.522. The molecule has 11 heteroatoms. The number of carbonyl (C=O) groups is 2. The number of hydrogen-bond donors (Lipinski definition) is 2. The van der Waals surface area contributed by atoms with E-state index in [1.807, 2.05) is 13.2 Å². The van der Waals surface area contributed by atoms with Gasteiger partial charge >= 0.3 is 12.1 Å². The Bertz CT molecular complexity index is 1070. The number of aryl methyl sites for hydroxylation is 1. The lowest BCUT2D eigenvalue weighted by Crippen LogP contribution is -2.37. The van der Waals surface area contributed by atoms with Crippen molar-refractivity contribution in [2.24, 2.45) is 7.05 Å². The van der Waals surface area contributed by atoms with E-state index in [0.29, 0.717) is 30.4 Å². The minimum Gasteiger partial charge on any atom is -0.456 e. The second-order valence-electron chi connectivity index (χ2n) is 7.07. The summed E-state index contributed by atoms with van der Waals surface area (Å²) in [6.45, 7) is 3.75. The molecule has 0 radical (unpaired) electrons. The molecule has 4 amide bonds. The second kappa shape index (κ2) is 11.6. The summed E-state index contributed by atoms with van der Waals surface area (Å²) in [6, 6.07) is 5.88. The van der Waals surface area contributed by atoms with Gasteiger partial charge in [-0.15, -0.1) is 0 Å². The quantitative estimate of drug-likeness (QED) is 0.583. The van der Waals surface area contributed by atoms with E-state index in [0.717, 1.165) is 29.2 Å². The molecular formula is C22H29N7O4. The molecule has 176 valence electrons. The molecule has 0 unspecified atom stereocenters. The lowest BCUT2D eigenvalue weighted by atomic mass is 10.2. The van der Waals surface area contributed by atoms with Gasteiger partial charge in [0.05, 0.1) is 18.1 Å². The number of hydrogen-bond acceptors (Lipinski definition) is 7. The number of anilines is 1. The maximum absolute atomic E-state index is 12.0. The first-order valence-electron chi connectivity index (χ1n) is 10.4. The lowest BCUT2D eigenvalue weighted by molar-refractivity contribution is 0.199. The Morgan fingerprint density at radius 1 is 1.24 bits per heavy atom. The van der Waals surface area contributed by atoms with Gasteiger partial charge in [-0.05, 0) is 24.6 Å². The van der Waals surface area contributed by atoms with Gasteiger partial charge in [-0.3, -0.25) is 15.0 Å². The molecule has 1 saturated heterocycles. The molecule has 1 fully saturated rings. The highest BCUT2D eigenvalue weighted by Crippen LogP contribution is 2.25. The summed E-state index contributed by atoms with van der Waals surface area (Å²) in [6.07, 6.45) is 7.86. The van der Waals surface area contributed by atoms with E-state index in [9.17, 15) is 9.59 Å². The van der Waals surface area contributed by atoms with Crippen LogP contribution in [0.25, 0.3) is 11.3 Å². The average molecular weight is 456 g/mol. The number of rotatable bonds is 6. The number of imide groups is 1. The third kappa shape index (κ3) is 6.74. The maximum atomic E-state index is 12.0. The van der Waals surface area contributed by atoms with Crippen LogP contribution in [0.2, 0.25) is 0 Å². The molecule has 0 aromatic carbocycles. The third-order valence-electron chi connectivity index (χ3n) is 4.45. The van der Waals surface area contributed by atoms with Crippen LogP contribution in [0.1, 0.15) is 14.8 Å². The second-order valence-corrected chi connectivity index (χ2v) is 7.07. The van der Waals surface area contributed by atoms with Gasteiger partial charge in [0, 0.05) is 59.3 Å². The highest BCUT2D eigenvalue weighted by molar-refractivity contribution is 6.01. The number of ether oxygens (including phenoxy) is 2. The van der Waals surface area contributed by atoms with Crippen LogP contribution in [0.3, 0.4) is 0 Å². The number of nitrogens with zero attached hydrogens (tertiary/aromatic N) is 5. The molecule has 0 atom stereocenters. The molecule has 1 aliphatic rings. The summed E-state index contributed by atoms with van der Waals surface area (Å²) in [5, 5.41) is 9.28. The molecule has 3 aromatic rings. The van der Waals surface area contributed by atoms with E-state index < -0.39 is 12.1 Å². The molecule has 3 aromatic heterocycles. The molecule has 0 bridgehead atoms. The molecule has 2 N–H and O–H groups in total. The van der Waals surface area contributed by atoms with Crippen LogP contribution < -0.4 is 15.4 Å². The van der Waals surface area contributed by atoms with Crippen molar-refractivity contribution in [3.05, 3.63) is 49.1 Å². The number of nitrogens with one attached hydrogen (secondary N) is 2.